The summed E-state index contributed by atoms with van der Waals surface area (Å²) in [6.07, 6.45) is -1.76. The Hall–Kier alpha value is -0.330. The van der Waals surface area contributed by atoms with Crippen LogP contribution in [0.5, 0.6) is 0 Å². The molecule has 0 aromatic rings. The van der Waals surface area contributed by atoms with Crippen LogP contribution in [0.4, 0.5) is 13.2 Å². The average Bonchev–Trinajstić information content (AvgIpc) is 3.01. The summed E-state index contributed by atoms with van der Waals surface area (Å²) in [7, 11) is 0. The van der Waals surface area contributed by atoms with Gasteiger partial charge in [0.15, 0.2) is 0 Å². The Kier molecular flexibility index (Phi) is 3.66. The third kappa shape index (κ3) is 3.11. The predicted octanol–water partition coefficient (Wildman–Crippen LogP) is 1.09. The maximum atomic E-state index is 12.6. The Morgan fingerprint density at radius 1 is 1.24 bits per heavy atom. The molecule has 3 nitrogen and oxygen atoms in total. The van der Waals surface area contributed by atoms with Crippen LogP contribution in [0.1, 0.15) is 25.7 Å². The van der Waals surface area contributed by atoms with Crippen molar-refractivity contribution in [2.45, 2.75) is 43.4 Å². The van der Waals surface area contributed by atoms with Gasteiger partial charge in [0.05, 0.1) is 0 Å². The number of hydrogen-bond acceptors (Lipinski definition) is 3. The Balaban J connectivity index is 1.67. The van der Waals surface area contributed by atoms with Crippen LogP contribution in [-0.4, -0.2) is 48.8 Å². The minimum Gasteiger partial charge on any atom is -0.328 e. The quantitative estimate of drug-likeness (QED) is 0.786. The summed E-state index contributed by atoms with van der Waals surface area (Å²) in [6.45, 7) is 2.91. The molecule has 0 atom stereocenters. The molecule has 1 aliphatic carbocycles. The first kappa shape index (κ1) is 13.1. The molecule has 2 fully saturated rings. The number of piperidine rings is 1. The number of likely N-dealkylation sites (tertiary alicyclic amines) is 1. The van der Waals surface area contributed by atoms with Crippen molar-refractivity contribution in [3.63, 3.8) is 0 Å². The van der Waals surface area contributed by atoms with Crippen LogP contribution in [0, 0.1) is 0 Å². The van der Waals surface area contributed by atoms with E-state index < -0.39 is 11.7 Å². The van der Waals surface area contributed by atoms with Crippen LogP contribution < -0.4 is 11.1 Å². The largest absolute Gasteiger partial charge is 0.406 e. The zero-order chi connectivity index (χ0) is 12.5. The molecule has 0 radical (unpaired) electrons. The van der Waals surface area contributed by atoms with E-state index in [1.54, 1.807) is 0 Å². The maximum absolute atomic E-state index is 12.6. The molecule has 0 bridgehead atoms. The van der Waals surface area contributed by atoms with Gasteiger partial charge in [0, 0.05) is 19.1 Å². The number of rotatable bonds is 4. The second-order valence-corrected chi connectivity index (χ2v) is 5.19. The minimum absolute atomic E-state index is 0.224. The Morgan fingerprint density at radius 2 is 1.82 bits per heavy atom. The second-order valence-electron chi connectivity index (χ2n) is 5.19. The van der Waals surface area contributed by atoms with Gasteiger partial charge in [0.1, 0.15) is 5.54 Å². The van der Waals surface area contributed by atoms with Crippen molar-refractivity contribution in [1.82, 2.24) is 10.2 Å². The minimum atomic E-state index is -4.10. The lowest BCUT2D eigenvalue weighted by atomic mass is 10.1. The van der Waals surface area contributed by atoms with Crippen molar-refractivity contribution >= 4 is 0 Å². The van der Waals surface area contributed by atoms with Gasteiger partial charge in [0.2, 0.25) is 0 Å². The Labute approximate surface area is 99.5 Å². The fourth-order valence-corrected chi connectivity index (χ4v) is 2.32. The fourth-order valence-electron chi connectivity index (χ4n) is 2.32. The highest BCUT2D eigenvalue weighted by Crippen LogP contribution is 2.48. The van der Waals surface area contributed by atoms with Gasteiger partial charge < -0.3 is 16.0 Å². The third-order valence-corrected chi connectivity index (χ3v) is 3.82. The van der Waals surface area contributed by atoms with E-state index in [0.29, 0.717) is 13.1 Å². The first-order chi connectivity index (χ1) is 7.93. The van der Waals surface area contributed by atoms with Crippen LogP contribution in [-0.2, 0) is 0 Å². The third-order valence-electron chi connectivity index (χ3n) is 3.82. The van der Waals surface area contributed by atoms with Crippen LogP contribution in [0.25, 0.3) is 0 Å². The average molecular weight is 251 g/mol. The van der Waals surface area contributed by atoms with E-state index in [-0.39, 0.29) is 18.9 Å². The van der Waals surface area contributed by atoms with E-state index in [4.69, 9.17) is 5.73 Å². The van der Waals surface area contributed by atoms with Crippen molar-refractivity contribution in [1.29, 1.82) is 0 Å². The number of halogens is 3. The summed E-state index contributed by atoms with van der Waals surface area (Å²) < 4.78 is 37.9. The number of hydrogen-bond donors (Lipinski definition) is 2. The molecule has 3 N–H and O–H groups in total. The maximum Gasteiger partial charge on any atom is 0.406 e. The Bertz CT molecular complexity index is 255. The van der Waals surface area contributed by atoms with Gasteiger partial charge in [0.25, 0.3) is 0 Å². The number of nitrogens with one attached hydrogen (secondary N) is 1. The van der Waals surface area contributed by atoms with E-state index in [1.807, 2.05) is 0 Å². The highest BCUT2D eigenvalue weighted by molar-refractivity contribution is 5.07. The molecule has 0 unspecified atom stereocenters. The van der Waals surface area contributed by atoms with Crippen molar-refractivity contribution in [3.8, 4) is 0 Å². The van der Waals surface area contributed by atoms with Crippen LogP contribution in [0.2, 0.25) is 0 Å². The molecule has 0 spiro atoms. The smallest absolute Gasteiger partial charge is 0.328 e. The second kappa shape index (κ2) is 4.74. The molecule has 0 aromatic heterocycles. The molecular weight excluding hydrogens is 231 g/mol. The Morgan fingerprint density at radius 3 is 2.29 bits per heavy atom. The first-order valence-corrected chi connectivity index (χ1v) is 6.23. The molecule has 6 heteroatoms. The molecule has 2 rings (SSSR count). The predicted molar refractivity (Wildman–Crippen MR) is 59.7 cm³/mol. The molecule has 2 aliphatic rings. The first-order valence-electron chi connectivity index (χ1n) is 6.23. The normalized spacial score (nSPS) is 26.1. The summed E-state index contributed by atoms with van der Waals surface area (Å²) in [4.78, 5) is 2.18. The van der Waals surface area contributed by atoms with Gasteiger partial charge in [-0.25, -0.2) is 0 Å². The monoisotopic (exact) mass is 251 g/mol. The van der Waals surface area contributed by atoms with E-state index in [0.717, 1.165) is 25.9 Å². The molecule has 17 heavy (non-hydrogen) atoms. The molecule has 0 aromatic carbocycles. The van der Waals surface area contributed by atoms with Gasteiger partial charge in [-0.2, -0.15) is 13.2 Å². The lowest BCUT2D eigenvalue weighted by Gasteiger charge is -2.31. The molecular formula is C11H20F3N3. The molecule has 1 saturated heterocycles. The zero-order valence-electron chi connectivity index (χ0n) is 9.89. The van der Waals surface area contributed by atoms with Gasteiger partial charge in [-0.15, -0.1) is 0 Å². The molecule has 0 amide bonds. The number of alkyl halides is 3. The van der Waals surface area contributed by atoms with Crippen molar-refractivity contribution in [2.24, 2.45) is 5.73 Å². The summed E-state index contributed by atoms with van der Waals surface area (Å²) in [6, 6.07) is 0.268. The molecule has 100 valence electrons. The number of nitrogens with zero attached hydrogens (tertiary/aromatic N) is 1. The highest BCUT2D eigenvalue weighted by atomic mass is 19.4. The van der Waals surface area contributed by atoms with Crippen LogP contribution in [0.15, 0.2) is 0 Å². The lowest BCUT2D eigenvalue weighted by molar-refractivity contribution is -0.165. The molecule has 1 aliphatic heterocycles. The van der Waals surface area contributed by atoms with Gasteiger partial charge in [-0.05, 0) is 38.8 Å². The molecule has 1 saturated carbocycles. The van der Waals surface area contributed by atoms with Gasteiger partial charge >= 0.3 is 6.18 Å². The van der Waals surface area contributed by atoms with Crippen molar-refractivity contribution in [2.75, 3.05) is 26.2 Å². The summed E-state index contributed by atoms with van der Waals surface area (Å²) in [5, 5.41) is 2.67. The van der Waals surface area contributed by atoms with Crippen molar-refractivity contribution in [3.05, 3.63) is 0 Å². The lowest BCUT2D eigenvalue weighted by Crippen LogP contribution is -2.49. The number of nitrogens with two attached hydrogens (primary N) is 1. The van der Waals surface area contributed by atoms with E-state index in [1.165, 1.54) is 0 Å². The van der Waals surface area contributed by atoms with Crippen LogP contribution in [0.3, 0.4) is 0 Å². The van der Waals surface area contributed by atoms with Crippen molar-refractivity contribution < 1.29 is 13.2 Å². The summed E-state index contributed by atoms with van der Waals surface area (Å²) >= 11 is 0. The zero-order valence-corrected chi connectivity index (χ0v) is 9.89. The SMILES string of the molecule is NC1CCN(CCNC2(C(F)(F)F)CC2)CC1. The molecule has 1 heterocycles. The fraction of sp³-hybridized carbons (Fsp3) is 1.00. The van der Waals surface area contributed by atoms with E-state index in [2.05, 4.69) is 10.2 Å². The summed E-state index contributed by atoms with van der Waals surface area (Å²) in [5.41, 5.74) is 4.20. The van der Waals surface area contributed by atoms with Gasteiger partial charge in [-0.3, -0.25) is 0 Å². The highest BCUT2D eigenvalue weighted by Gasteiger charge is 2.62. The standard InChI is InChI=1S/C11H20F3N3/c12-11(13,14)10(3-4-10)16-5-8-17-6-1-9(15)2-7-17/h9,16H,1-8,15H2. The van der Waals surface area contributed by atoms with E-state index in [9.17, 15) is 13.2 Å². The van der Waals surface area contributed by atoms with E-state index >= 15 is 0 Å². The van der Waals surface area contributed by atoms with Crippen LogP contribution >= 0.6 is 0 Å². The topological polar surface area (TPSA) is 41.3 Å². The summed E-state index contributed by atoms with van der Waals surface area (Å²) in [5.74, 6) is 0. The van der Waals surface area contributed by atoms with Gasteiger partial charge in [-0.1, -0.05) is 0 Å².